The summed E-state index contributed by atoms with van der Waals surface area (Å²) < 4.78 is 2.01. The smallest absolute Gasteiger partial charge is 0.137 e. The van der Waals surface area contributed by atoms with Crippen molar-refractivity contribution in [1.29, 1.82) is 0 Å². The van der Waals surface area contributed by atoms with Crippen LogP contribution >= 0.6 is 0 Å². The lowest BCUT2D eigenvalue weighted by Gasteiger charge is -2.15. The molecule has 0 bridgehead atoms. The lowest BCUT2D eigenvalue weighted by molar-refractivity contribution is -0.119. The highest BCUT2D eigenvalue weighted by Gasteiger charge is 2.29. The van der Waals surface area contributed by atoms with E-state index in [4.69, 9.17) is 5.10 Å². The minimum Gasteiger partial charge on any atom is -0.299 e. The zero-order valence-corrected chi connectivity index (χ0v) is 15.5. The second kappa shape index (κ2) is 5.80. The number of Topliss-reactive ketones (excluding diaryl/α,β-unsaturated/α-hetero) is 1. The number of ketones is 1. The van der Waals surface area contributed by atoms with Crippen LogP contribution in [0.3, 0.4) is 0 Å². The Morgan fingerprint density at radius 2 is 1.96 bits per heavy atom. The van der Waals surface area contributed by atoms with Gasteiger partial charge in [-0.05, 0) is 59.6 Å². The summed E-state index contributed by atoms with van der Waals surface area (Å²) in [6, 6.07) is 13.2. The SMILES string of the molecule is C[C@@H]1CC(=O)Cc2cccc(-c3ccc4c(c3)c(C3CC3)nn4C)c2C1. The standard InChI is InChI=1S/C23H24N2O/c1-14-10-18(26)12-16-4-3-5-19(20(16)11-14)17-8-9-22-21(13-17)23(15-6-7-15)24-25(22)2/h3-5,8-9,13-15H,6-7,10-12H2,1-2H3/t14-/m1/s1. The summed E-state index contributed by atoms with van der Waals surface area (Å²) >= 11 is 0. The minimum atomic E-state index is 0.368. The van der Waals surface area contributed by atoms with Crippen LogP contribution < -0.4 is 0 Å². The molecule has 0 aliphatic heterocycles. The molecule has 2 aliphatic carbocycles. The molecule has 5 rings (SSSR count). The second-order valence-electron chi connectivity index (χ2n) is 8.19. The molecule has 1 aromatic heterocycles. The third kappa shape index (κ3) is 2.57. The van der Waals surface area contributed by atoms with Gasteiger partial charge in [-0.3, -0.25) is 9.48 Å². The van der Waals surface area contributed by atoms with Gasteiger partial charge in [0.1, 0.15) is 5.78 Å². The fourth-order valence-electron chi connectivity index (χ4n) is 4.52. The highest BCUT2D eigenvalue weighted by atomic mass is 16.1. The van der Waals surface area contributed by atoms with Crippen LogP contribution in [0.1, 0.15) is 48.9 Å². The van der Waals surface area contributed by atoms with Gasteiger partial charge >= 0.3 is 0 Å². The Labute approximate surface area is 154 Å². The average Bonchev–Trinajstić information content (AvgIpc) is 3.41. The van der Waals surface area contributed by atoms with Gasteiger partial charge in [0, 0.05) is 31.2 Å². The minimum absolute atomic E-state index is 0.368. The molecule has 2 aliphatic rings. The van der Waals surface area contributed by atoms with E-state index in [9.17, 15) is 4.79 Å². The normalized spacial score (nSPS) is 20.2. The summed E-state index contributed by atoms with van der Waals surface area (Å²) in [7, 11) is 2.04. The van der Waals surface area contributed by atoms with Crippen molar-refractivity contribution in [2.24, 2.45) is 13.0 Å². The number of nitrogens with zero attached hydrogens (tertiary/aromatic N) is 2. The zero-order chi connectivity index (χ0) is 17.8. The summed E-state index contributed by atoms with van der Waals surface area (Å²) in [6.07, 6.45) is 4.78. The highest BCUT2D eigenvalue weighted by Crippen LogP contribution is 2.43. The van der Waals surface area contributed by atoms with E-state index in [0.29, 0.717) is 30.5 Å². The van der Waals surface area contributed by atoms with Crippen LogP contribution in [0.15, 0.2) is 36.4 Å². The molecule has 0 radical (unpaired) electrons. The van der Waals surface area contributed by atoms with Crippen molar-refractivity contribution in [3.8, 4) is 11.1 Å². The Hall–Kier alpha value is -2.42. The van der Waals surface area contributed by atoms with E-state index in [-0.39, 0.29) is 0 Å². The van der Waals surface area contributed by atoms with Crippen LogP contribution in [-0.4, -0.2) is 15.6 Å². The summed E-state index contributed by atoms with van der Waals surface area (Å²) in [5, 5.41) is 6.08. The first-order chi connectivity index (χ1) is 12.6. The van der Waals surface area contributed by atoms with Crippen molar-refractivity contribution in [2.75, 3.05) is 0 Å². The van der Waals surface area contributed by atoms with Gasteiger partial charge in [-0.15, -0.1) is 0 Å². The second-order valence-corrected chi connectivity index (χ2v) is 8.19. The first-order valence-electron chi connectivity index (χ1n) is 9.69. The van der Waals surface area contributed by atoms with Crippen LogP contribution in [0.25, 0.3) is 22.0 Å². The molecule has 0 spiro atoms. The van der Waals surface area contributed by atoms with Gasteiger partial charge in [-0.25, -0.2) is 0 Å². The molecule has 1 saturated carbocycles. The van der Waals surface area contributed by atoms with Gasteiger partial charge in [0.05, 0.1) is 11.2 Å². The fraction of sp³-hybridized carbons (Fsp3) is 0.391. The molecule has 0 amide bonds. The van der Waals surface area contributed by atoms with Crippen LogP contribution in [0, 0.1) is 5.92 Å². The molecule has 26 heavy (non-hydrogen) atoms. The van der Waals surface area contributed by atoms with E-state index >= 15 is 0 Å². The average molecular weight is 344 g/mol. The number of aromatic nitrogens is 2. The van der Waals surface area contributed by atoms with Crippen molar-refractivity contribution >= 4 is 16.7 Å². The van der Waals surface area contributed by atoms with E-state index in [2.05, 4.69) is 43.3 Å². The van der Waals surface area contributed by atoms with Gasteiger partial charge in [0.15, 0.2) is 0 Å². The Morgan fingerprint density at radius 1 is 1.12 bits per heavy atom. The summed E-state index contributed by atoms with van der Waals surface area (Å²) in [4.78, 5) is 12.2. The van der Waals surface area contributed by atoms with Crippen LogP contribution in [0.5, 0.6) is 0 Å². The predicted molar refractivity (Wildman–Crippen MR) is 104 cm³/mol. The molecule has 3 heteroatoms. The molecular weight excluding hydrogens is 320 g/mol. The number of aryl methyl sites for hydroxylation is 1. The van der Waals surface area contributed by atoms with E-state index < -0.39 is 0 Å². The molecule has 0 unspecified atom stereocenters. The Bertz CT molecular complexity index is 1030. The maximum atomic E-state index is 12.2. The third-order valence-electron chi connectivity index (χ3n) is 5.94. The summed E-state index contributed by atoms with van der Waals surface area (Å²) in [5.74, 6) is 1.42. The Kier molecular flexibility index (Phi) is 3.53. The quantitative estimate of drug-likeness (QED) is 0.625. The maximum absolute atomic E-state index is 12.2. The van der Waals surface area contributed by atoms with E-state index in [0.717, 1.165) is 6.42 Å². The number of benzene rings is 2. The van der Waals surface area contributed by atoms with Crippen LogP contribution in [-0.2, 0) is 24.7 Å². The number of carbonyl (C=O) groups is 1. The van der Waals surface area contributed by atoms with Gasteiger partial charge in [0.25, 0.3) is 0 Å². The molecular formula is C23H24N2O. The van der Waals surface area contributed by atoms with Crippen LogP contribution in [0.2, 0.25) is 0 Å². The number of fused-ring (bicyclic) bond motifs is 2. The van der Waals surface area contributed by atoms with Crippen molar-refractivity contribution in [1.82, 2.24) is 9.78 Å². The van der Waals surface area contributed by atoms with Gasteiger partial charge in [-0.2, -0.15) is 5.10 Å². The largest absolute Gasteiger partial charge is 0.299 e. The molecule has 1 atom stereocenters. The lowest BCUT2D eigenvalue weighted by atomic mass is 9.90. The molecule has 132 valence electrons. The summed E-state index contributed by atoms with van der Waals surface area (Å²) in [6.45, 7) is 2.19. The first kappa shape index (κ1) is 15.8. The number of hydrogen-bond donors (Lipinski definition) is 0. The van der Waals surface area contributed by atoms with E-state index in [1.807, 2.05) is 11.7 Å². The topological polar surface area (TPSA) is 34.9 Å². The van der Waals surface area contributed by atoms with Crippen molar-refractivity contribution in [3.63, 3.8) is 0 Å². The summed E-state index contributed by atoms with van der Waals surface area (Å²) in [5.41, 5.74) is 7.59. The third-order valence-corrected chi connectivity index (χ3v) is 5.94. The first-order valence-corrected chi connectivity index (χ1v) is 9.69. The lowest BCUT2D eigenvalue weighted by Crippen LogP contribution is -2.04. The van der Waals surface area contributed by atoms with Gasteiger partial charge in [0.2, 0.25) is 0 Å². The molecule has 0 saturated heterocycles. The van der Waals surface area contributed by atoms with Crippen LogP contribution in [0.4, 0.5) is 0 Å². The van der Waals surface area contributed by atoms with Gasteiger partial charge in [-0.1, -0.05) is 31.2 Å². The monoisotopic (exact) mass is 344 g/mol. The molecule has 1 heterocycles. The van der Waals surface area contributed by atoms with E-state index in [1.165, 1.54) is 51.7 Å². The number of carbonyl (C=O) groups excluding carboxylic acids is 1. The van der Waals surface area contributed by atoms with E-state index in [1.54, 1.807) is 0 Å². The maximum Gasteiger partial charge on any atom is 0.137 e. The van der Waals surface area contributed by atoms with Crippen molar-refractivity contribution in [3.05, 3.63) is 53.2 Å². The molecule has 1 fully saturated rings. The van der Waals surface area contributed by atoms with Crippen molar-refractivity contribution in [2.45, 2.75) is 44.9 Å². The Morgan fingerprint density at radius 3 is 2.77 bits per heavy atom. The molecule has 2 aromatic carbocycles. The molecule has 0 N–H and O–H groups in total. The predicted octanol–water partition coefficient (Wildman–Crippen LogP) is 4.81. The van der Waals surface area contributed by atoms with Crippen molar-refractivity contribution < 1.29 is 4.79 Å². The van der Waals surface area contributed by atoms with Gasteiger partial charge < -0.3 is 0 Å². The number of hydrogen-bond acceptors (Lipinski definition) is 2. The fourth-order valence-corrected chi connectivity index (χ4v) is 4.52. The molecule has 3 nitrogen and oxygen atoms in total. The molecule has 3 aromatic rings. The highest BCUT2D eigenvalue weighted by molar-refractivity contribution is 5.89. The number of rotatable bonds is 2. The zero-order valence-electron chi connectivity index (χ0n) is 15.5. The Balaban J connectivity index is 1.68.